The Kier molecular flexibility index (Phi) is 6.11. The Morgan fingerprint density at radius 3 is 2.79 bits per heavy atom. The number of nitrogens with one attached hydrogen (secondary N) is 1. The number of carbonyl (C=O) groups is 1. The molecule has 0 spiro atoms. The number of amides is 1. The Hall–Kier alpha value is -1.79. The maximum atomic E-state index is 11.8. The topological polar surface area (TPSA) is 49.3 Å². The van der Waals surface area contributed by atoms with E-state index in [4.69, 9.17) is 5.11 Å². The maximum Gasteiger partial charge on any atom is 0.224 e. The number of aliphatic hydroxyl groups is 1. The number of hydrogen-bond donors (Lipinski definition) is 2. The molecule has 0 fully saturated rings. The summed E-state index contributed by atoms with van der Waals surface area (Å²) in [6.07, 6.45) is 1.55. The van der Waals surface area contributed by atoms with Gasteiger partial charge < -0.3 is 10.4 Å². The summed E-state index contributed by atoms with van der Waals surface area (Å²) in [6.45, 7) is 5.94. The Morgan fingerprint density at radius 1 is 1.47 bits per heavy atom. The third-order valence-electron chi connectivity index (χ3n) is 3.04. The second-order valence-corrected chi connectivity index (χ2v) is 4.76. The standard InChI is InChI=1S/C16H21NO2/c1-4-12(2)10-16(19)17-15-8-7-14(6-5-9-18)11-13(15)3/h7-8,11-12,18H,4,9-10H2,1-3H3,(H,17,19). The fraction of sp³-hybridized carbons (Fsp3) is 0.438. The average molecular weight is 259 g/mol. The van der Waals surface area contributed by atoms with Gasteiger partial charge in [0, 0.05) is 17.7 Å². The minimum Gasteiger partial charge on any atom is -0.384 e. The van der Waals surface area contributed by atoms with Crippen LogP contribution in [0.5, 0.6) is 0 Å². The van der Waals surface area contributed by atoms with Crippen LogP contribution in [0.25, 0.3) is 0 Å². The molecule has 3 heteroatoms. The summed E-state index contributed by atoms with van der Waals surface area (Å²) in [5, 5.41) is 11.6. The fourth-order valence-electron chi connectivity index (χ4n) is 1.69. The largest absolute Gasteiger partial charge is 0.384 e. The van der Waals surface area contributed by atoms with E-state index in [2.05, 4.69) is 31.0 Å². The Labute approximate surface area is 115 Å². The van der Waals surface area contributed by atoms with Gasteiger partial charge in [0.05, 0.1) is 0 Å². The molecule has 0 saturated carbocycles. The predicted octanol–water partition coefficient (Wildman–Crippen LogP) is 2.71. The van der Waals surface area contributed by atoms with Crippen LogP contribution in [0.3, 0.4) is 0 Å². The minimum atomic E-state index is -0.146. The van der Waals surface area contributed by atoms with Crippen LogP contribution < -0.4 is 5.32 Å². The summed E-state index contributed by atoms with van der Waals surface area (Å²) < 4.78 is 0. The zero-order valence-corrected chi connectivity index (χ0v) is 11.8. The van der Waals surface area contributed by atoms with E-state index < -0.39 is 0 Å². The van der Waals surface area contributed by atoms with Crippen LogP contribution in [0.4, 0.5) is 5.69 Å². The van der Waals surface area contributed by atoms with Gasteiger partial charge in [-0.15, -0.1) is 0 Å². The molecule has 0 aliphatic rings. The van der Waals surface area contributed by atoms with E-state index >= 15 is 0 Å². The number of anilines is 1. The summed E-state index contributed by atoms with van der Waals surface area (Å²) in [5.74, 6) is 5.89. The zero-order valence-electron chi connectivity index (χ0n) is 11.8. The van der Waals surface area contributed by atoms with Crippen molar-refractivity contribution in [2.75, 3.05) is 11.9 Å². The molecule has 0 aromatic heterocycles. The van der Waals surface area contributed by atoms with Gasteiger partial charge >= 0.3 is 0 Å². The van der Waals surface area contributed by atoms with Crippen LogP contribution in [0, 0.1) is 24.7 Å². The molecule has 0 aliphatic heterocycles. The van der Waals surface area contributed by atoms with Crippen LogP contribution >= 0.6 is 0 Å². The van der Waals surface area contributed by atoms with Crippen LogP contribution in [0.2, 0.25) is 0 Å². The van der Waals surface area contributed by atoms with Crippen LogP contribution in [-0.4, -0.2) is 17.6 Å². The van der Waals surface area contributed by atoms with Crippen LogP contribution in [0.15, 0.2) is 18.2 Å². The van der Waals surface area contributed by atoms with Crippen molar-refractivity contribution < 1.29 is 9.90 Å². The molecule has 1 aromatic rings. The van der Waals surface area contributed by atoms with Crippen molar-refractivity contribution in [3.8, 4) is 11.8 Å². The lowest BCUT2D eigenvalue weighted by Gasteiger charge is -2.11. The number of rotatable bonds is 4. The van der Waals surface area contributed by atoms with Crippen molar-refractivity contribution in [2.24, 2.45) is 5.92 Å². The molecule has 1 aromatic carbocycles. The Morgan fingerprint density at radius 2 is 2.21 bits per heavy atom. The first-order valence-corrected chi connectivity index (χ1v) is 6.57. The first kappa shape index (κ1) is 15.3. The number of aliphatic hydroxyl groups excluding tert-OH is 1. The summed E-state index contributed by atoms with van der Waals surface area (Å²) in [6, 6.07) is 5.60. The van der Waals surface area contributed by atoms with Gasteiger partial charge in [-0.25, -0.2) is 0 Å². The van der Waals surface area contributed by atoms with Gasteiger partial charge in [-0.2, -0.15) is 0 Å². The highest BCUT2D eigenvalue weighted by Crippen LogP contribution is 2.17. The summed E-state index contributed by atoms with van der Waals surface area (Å²) in [7, 11) is 0. The van der Waals surface area contributed by atoms with Gasteiger partial charge in [0.1, 0.15) is 6.61 Å². The van der Waals surface area contributed by atoms with E-state index in [1.54, 1.807) is 0 Å². The van der Waals surface area contributed by atoms with E-state index in [1.165, 1.54) is 0 Å². The van der Waals surface area contributed by atoms with Gasteiger partial charge in [0.2, 0.25) is 5.91 Å². The zero-order chi connectivity index (χ0) is 14.3. The fourth-order valence-corrected chi connectivity index (χ4v) is 1.69. The highest BCUT2D eigenvalue weighted by molar-refractivity contribution is 5.91. The Balaban J connectivity index is 2.72. The molecule has 1 rings (SSSR count). The van der Waals surface area contributed by atoms with Gasteiger partial charge in [0.25, 0.3) is 0 Å². The molecule has 1 amide bonds. The van der Waals surface area contributed by atoms with E-state index in [0.717, 1.165) is 23.2 Å². The smallest absolute Gasteiger partial charge is 0.224 e. The van der Waals surface area contributed by atoms with E-state index in [-0.39, 0.29) is 12.5 Å². The molecule has 0 radical (unpaired) electrons. The summed E-state index contributed by atoms with van der Waals surface area (Å²) >= 11 is 0. The van der Waals surface area contributed by atoms with Crippen molar-refractivity contribution in [1.82, 2.24) is 0 Å². The molecular weight excluding hydrogens is 238 g/mol. The molecule has 0 aliphatic carbocycles. The van der Waals surface area contributed by atoms with Gasteiger partial charge in [-0.05, 0) is 36.6 Å². The molecule has 2 N–H and O–H groups in total. The average Bonchev–Trinajstić information content (AvgIpc) is 2.39. The maximum absolute atomic E-state index is 11.8. The number of aryl methyl sites for hydroxylation is 1. The van der Waals surface area contributed by atoms with Crippen molar-refractivity contribution in [2.45, 2.75) is 33.6 Å². The van der Waals surface area contributed by atoms with Crippen molar-refractivity contribution >= 4 is 11.6 Å². The lowest BCUT2D eigenvalue weighted by Crippen LogP contribution is -2.15. The molecule has 0 saturated heterocycles. The lowest BCUT2D eigenvalue weighted by molar-refractivity contribution is -0.117. The van der Waals surface area contributed by atoms with Crippen molar-refractivity contribution in [3.05, 3.63) is 29.3 Å². The number of benzene rings is 1. The highest BCUT2D eigenvalue weighted by atomic mass is 16.2. The quantitative estimate of drug-likeness (QED) is 0.817. The normalized spacial score (nSPS) is 11.4. The molecule has 1 atom stereocenters. The second kappa shape index (κ2) is 7.60. The van der Waals surface area contributed by atoms with E-state index in [0.29, 0.717) is 12.3 Å². The summed E-state index contributed by atoms with van der Waals surface area (Å²) in [5.41, 5.74) is 2.64. The number of carbonyl (C=O) groups excluding carboxylic acids is 1. The third kappa shape index (κ3) is 5.15. The molecule has 19 heavy (non-hydrogen) atoms. The monoisotopic (exact) mass is 259 g/mol. The minimum absolute atomic E-state index is 0.0478. The molecule has 0 heterocycles. The summed E-state index contributed by atoms with van der Waals surface area (Å²) in [4.78, 5) is 11.8. The van der Waals surface area contributed by atoms with Crippen LogP contribution in [-0.2, 0) is 4.79 Å². The van der Waals surface area contributed by atoms with Gasteiger partial charge in [-0.1, -0.05) is 32.1 Å². The first-order valence-electron chi connectivity index (χ1n) is 6.57. The van der Waals surface area contributed by atoms with Crippen molar-refractivity contribution in [3.63, 3.8) is 0 Å². The Bertz CT molecular complexity index is 497. The SMILES string of the molecule is CCC(C)CC(=O)Nc1ccc(C#CCO)cc1C. The highest BCUT2D eigenvalue weighted by Gasteiger charge is 2.08. The molecule has 0 bridgehead atoms. The molecule has 102 valence electrons. The van der Waals surface area contributed by atoms with Gasteiger partial charge in [0.15, 0.2) is 0 Å². The lowest BCUT2D eigenvalue weighted by atomic mass is 10.0. The van der Waals surface area contributed by atoms with E-state index in [9.17, 15) is 4.79 Å². The third-order valence-corrected chi connectivity index (χ3v) is 3.04. The molecule has 1 unspecified atom stereocenters. The predicted molar refractivity (Wildman–Crippen MR) is 77.8 cm³/mol. The molecular formula is C16H21NO2. The second-order valence-electron chi connectivity index (χ2n) is 4.76. The van der Waals surface area contributed by atoms with E-state index in [1.807, 2.05) is 25.1 Å². The van der Waals surface area contributed by atoms with Gasteiger partial charge in [-0.3, -0.25) is 4.79 Å². The molecule has 3 nitrogen and oxygen atoms in total. The first-order chi connectivity index (χ1) is 9.06. The van der Waals surface area contributed by atoms with Crippen molar-refractivity contribution in [1.29, 1.82) is 0 Å². The number of hydrogen-bond acceptors (Lipinski definition) is 2. The van der Waals surface area contributed by atoms with Crippen LogP contribution in [0.1, 0.15) is 37.8 Å².